The number of benzene rings is 2. The number of carbonyl (C=O) groups is 1. The summed E-state index contributed by atoms with van der Waals surface area (Å²) in [6, 6.07) is 19.9. The Balaban J connectivity index is 1.19. The Morgan fingerprint density at radius 1 is 1.00 bits per heavy atom. The van der Waals surface area contributed by atoms with Crippen LogP contribution in [0, 0.1) is 5.92 Å². The number of amides is 1. The molecule has 2 aromatic heterocycles. The summed E-state index contributed by atoms with van der Waals surface area (Å²) in [6.07, 6.45) is 1.05. The number of rotatable bonds is 7. The van der Waals surface area contributed by atoms with Gasteiger partial charge in [-0.3, -0.25) is 19.1 Å². The lowest BCUT2D eigenvalue weighted by atomic mass is 9.83. The summed E-state index contributed by atoms with van der Waals surface area (Å²) in [5.41, 5.74) is 2.19. The summed E-state index contributed by atoms with van der Waals surface area (Å²) < 4.78 is 14.3. The number of carbonyl (C=O) groups excluding carboxylic acids is 1. The summed E-state index contributed by atoms with van der Waals surface area (Å²) >= 11 is 0. The van der Waals surface area contributed by atoms with E-state index in [4.69, 9.17) is 9.47 Å². The maximum atomic E-state index is 12.4. The van der Waals surface area contributed by atoms with Crippen molar-refractivity contribution in [1.29, 1.82) is 0 Å². The number of likely N-dealkylation sites (tertiary alicyclic amines) is 1. The van der Waals surface area contributed by atoms with E-state index in [0.29, 0.717) is 36.0 Å². The average Bonchev–Trinajstić information content (AvgIpc) is 3.21. The van der Waals surface area contributed by atoms with Crippen LogP contribution in [-0.4, -0.2) is 51.9 Å². The number of piperidine rings is 1. The van der Waals surface area contributed by atoms with Crippen molar-refractivity contribution >= 4 is 22.5 Å². The third-order valence-electron chi connectivity index (χ3n) is 7.50. The second-order valence-corrected chi connectivity index (χ2v) is 10.1. The Labute approximate surface area is 224 Å². The minimum absolute atomic E-state index is 0.0452. The smallest absolute Gasteiger partial charge is 0.302 e. The number of nitrogens with zero attached hydrogens (tertiary/aromatic N) is 5. The van der Waals surface area contributed by atoms with E-state index in [1.165, 1.54) is 0 Å². The Bertz CT molecular complexity index is 1610. The summed E-state index contributed by atoms with van der Waals surface area (Å²) in [7, 11) is 1.58. The van der Waals surface area contributed by atoms with Crippen LogP contribution in [0.2, 0.25) is 0 Å². The molecule has 200 valence electrons. The monoisotopic (exact) mass is 527 g/mol. The van der Waals surface area contributed by atoms with E-state index < -0.39 is 5.91 Å². The molecule has 2 bridgehead atoms. The van der Waals surface area contributed by atoms with Gasteiger partial charge in [-0.25, -0.2) is 0 Å². The molecule has 6 rings (SSSR count). The summed E-state index contributed by atoms with van der Waals surface area (Å²) in [5.74, 6) is 1.21. The van der Waals surface area contributed by atoms with Crippen LogP contribution in [0.15, 0.2) is 81.8 Å². The number of pyridine rings is 1. The van der Waals surface area contributed by atoms with Crippen LogP contribution in [0.1, 0.15) is 18.0 Å². The van der Waals surface area contributed by atoms with Crippen molar-refractivity contribution in [3.05, 3.63) is 82.8 Å². The number of fused-ring (bicyclic) bond motifs is 5. The van der Waals surface area contributed by atoms with Gasteiger partial charge in [-0.15, -0.1) is 10.2 Å². The van der Waals surface area contributed by atoms with Crippen LogP contribution in [-0.2, 0) is 18.0 Å². The Kier molecular flexibility index (Phi) is 6.62. The first-order valence-corrected chi connectivity index (χ1v) is 12.9. The zero-order valence-electron chi connectivity index (χ0n) is 21.6. The quantitative estimate of drug-likeness (QED) is 0.359. The van der Waals surface area contributed by atoms with Gasteiger partial charge in [0.2, 0.25) is 5.88 Å². The van der Waals surface area contributed by atoms with E-state index in [1.54, 1.807) is 42.0 Å². The largest absolute Gasteiger partial charge is 0.497 e. The number of aromatic hydroxyl groups is 1. The molecule has 1 fully saturated rings. The van der Waals surface area contributed by atoms with Crippen LogP contribution in [0.25, 0.3) is 10.9 Å². The maximum Gasteiger partial charge on any atom is 0.302 e. The Morgan fingerprint density at radius 3 is 2.62 bits per heavy atom. The van der Waals surface area contributed by atoms with E-state index in [-0.39, 0.29) is 29.7 Å². The van der Waals surface area contributed by atoms with Gasteiger partial charge in [-0.2, -0.15) is 0 Å². The van der Waals surface area contributed by atoms with Crippen molar-refractivity contribution in [2.45, 2.75) is 25.6 Å². The fourth-order valence-corrected chi connectivity index (χ4v) is 5.78. The van der Waals surface area contributed by atoms with Crippen LogP contribution in [0.5, 0.6) is 17.4 Å². The van der Waals surface area contributed by atoms with Gasteiger partial charge in [-0.05, 0) is 48.7 Å². The molecule has 39 heavy (non-hydrogen) atoms. The van der Waals surface area contributed by atoms with Gasteiger partial charge < -0.3 is 19.1 Å². The van der Waals surface area contributed by atoms with Crippen LogP contribution >= 0.6 is 0 Å². The van der Waals surface area contributed by atoms with Gasteiger partial charge in [0.05, 0.1) is 19.3 Å². The van der Waals surface area contributed by atoms with Crippen LogP contribution < -0.4 is 15.0 Å². The molecule has 2 aliphatic heterocycles. The number of hydrogen-bond donors (Lipinski definition) is 1. The van der Waals surface area contributed by atoms with Gasteiger partial charge in [0.15, 0.2) is 12.3 Å². The van der Waals surface area contributed by atoms with E-state index in [2.05, 4.69) is 15.1 Å². The predicted molar refractivity (Wildman–Crippen MR) is 145 cm³/mol. The SMILES string of the molecule is COc1ccc(OCC(=O)N=Nc2c(O)n(CN3C[C@@H]4C[C@H](C3)c3cccc(=O)n3C4)c3ccccc23)cc1. The molecule has 2 aliphatic rings. The zero-order chi connectivity index (χ0) is 26.9. The summed E-state index contributed by atoms with van der Waals surface area (Å²) in [5, 5.41) is 19.8. The molecule has 2 aromatic carbocycles. The van der Waals surface area contributed by atoms with Gasteiger partial charge >= 0.3 is 5.91 Å². The predicted octanol–water partition coefficient (Wildman–Crippen LogP) is 4.28. The highest BCUT2D eigenvalue weighted by Gasteiger charge is 2.35. The van der Waals surface area contributed by atoms with Crippen LogP contribution in [0.4, 0.5) is 5.69 Å². The Hall–Kier alpha value is -4.44. The molecule has 4 aromatic rings. The van der Waals surface area contributed by atoms with Gasteiger partial charge in [-0.1, -0.05) is 24.3 Å². The second-order valence-electron chi connectivity index (χ2n) is 10.1. The highest BCUT2D eigenvalue weighted by molar-refractivity contribution is 5.95. The second kappa shape index (κ2) is 10.4. The average molecular weight is 528 g/mol. The van der Waals surface area contributed by atoms with Crippen molar-refractivity contribution < 1.29 is 19.4 Å². The third-order valence-corrected chi connectivity index (χ3v) is 7.50. The number of ether oxygens (including phenoxy) is 2. The molecular formula is C29H29N5O5. The minimum Gasteiger partial charge on any atom is -0.497 e. The van der Waals surface area contributed by atoms with Gasteiger partial charge in [0.1, 0.15) is 11.5 Å². The molecule has 0 spiro atoms. The van der Waals surface area contributed by atoms with Crippen molar-refractivity contribution in [3.8, 4) is 17.4 Å². The number of hydrogen-bond acceptors (Lipinski definition) is 7. The van der Waals surface area contributed by atoms with Gasteiger partial charge in [0.25, 0.3) is 5.56 Å². The van der Waals surface area contributed by atoms with Crippen molar-refractivity contribution in [3.63, 3.8) is 0 Å². The Morgan fingerprint density at radius 2 is 1.79 bits per heavy atom. The lowest BCUT2D eigenvalue weighted by Crippen LogP contribution is -2.47. The number of para-hydroxylation sites is 1. The molecule has 2 atom stereocenters. The summed E-state index contributed by atoms with van der Waals surface area (Å²) in [6.45, 7) is 2.49. The fraction of sp³-hybridized carbons (Fsp3) is 0.310. The van der Waals surface area contributed by atoms with E-state index in [9.17, 15) is 14.7 Å². The van der Waals surface area contributed by atoms with Crippen LogP contribution in [0.3, 0.4) is 0 Å². The van der Waals surface area contributed by atoms with Gasteiger partial charge in [0, 0.05) is 42.7 Å². The molecular weight excluding hydrogens is 498 g/mol. The minimum atomic E-state index is -0.570. The first kappa shape index (κ1) is 24.9. The normalized spacial score (nSPS) is 18.8. The molecule has 0 unspecified atom stereocenters. The lowest BCUT2D eigenvalue weighted by Gasteiger charge is -2.42. The third kappa shape index (κ3) is 4.90. The van der Waals surface area contributed by atoms with E-state index in [0.717, 1.165) is 30.7 Å². The molecule has 1 saturated heterocycles. The molecule has 10 heteroatoms. The fourth-order valence-electron chi connectivity index (χ4n) is 5.78. The molecule has 1 N–H and O–H groups in total. The van der Waals surface area contributed by atoms with Crippen molar-refractivity contribution in [1.82, 2.24) is 14.0 Å². The standard InChI is InChI=1S/C29H29N5O5/c1-38-21-9-11-22(12-10-21)39-17-26(35)30-31-28-23-5-2-3-6-25(23)34(29(28)37)18-32-14-19-13-20(16-32)24-7-4-8-27(36)33(24)15-19/h2-12,19-20,37H,13-18H2,1H3/t19-,20+/m0/s1. The maximum absolute atomic E-state index is 12.4. The zero-order valence-corrected chi connectivity index (χ0v) is 21.6. The molecule has 1 amide bonds. The number of methoxy groups -OCH3 is 1. The summed E-state index contributed by atoms with van der Waals surface area (Å²) in [4.78, 5) is 27.1. The number of azo groups is 1. The number of aromatic nitrogens is 2. The van der Waals surface area contributed by atoms with Crippen molar-refractivity contribution in [2.75, 3.05) is 26.8 Å². The first-order valence-electron chi connectivity index (χ1n) is 12.9. The first-order chi connectivity index (χ1) is 19.0. The molecule has 0 saturated carbocycles. The van der Waals surface area contributed by atoms with E-state index in [1.807, 2.05) is 41.0 Å². The highest BCUT2D eigenvalue weighted by Crippen LogP contribution is 2.40. The highest BCUT2D eigenvalue weighted by atomic mass is 16.5. The lowest BCUT2D eigenvalue weighted by molar-refractivity contribution is -0.120. The molecule has 4 heterocycles. The molecule has 0 aliphatic carbocycles. The molecule has 0 radical (unpaired) electrons. The topological polar surface area (TPSA) is 111 Å². The van der Waals surface area contributed by atoms with Crippen molar-refractivity contribution in [2.24, 2.45) is 16.1 Å². The van der Waals surface area contributed by atoms with E-state index >= 15 is 0 Å². The molecule has 10 nitrogen and oxygen atoms in total.